The van der Waals surface area contributed by atoms with Gasteiger partial charge < -0.3 is 15.8 Å². The largest absolute Gasteiger partial charge is 0.444 e. The van der Waals surface area contributed by atoms with Gasteiger partial charge in [0, 0.05) is 16.6 Å². The Balaban J connectivity index is 2.03. The van der Waals surface area contributed by atoms with Gasteiger partial charge in [0.05, 0.1) is 12.2 Å². The van der Waals surface area contributed by atoms with Crippen LogP contribution < -0.4 is 11.1 Å². The summed E-state index contributed by atoms with van der Waals surface area (Å²) in [6, 6.07) is 4.15. The zero-order valence-electron chi connectivity index (χ0n) is 12.6. The highest BCUT2D eigenvalue weighted by Gasteiger charge is 2.16. The Bertz CT molecular complexity index is 680. The molecule has 3 N–H and O–H groups in total. The first-order valence-electron chi connectivity index (χ1n) is 6.71. The first kappa shape index (κ1) is 16.2. The van der Waals surface area contributed by atoms with Crippen molar-refractivity contribution in [3.63, 3.8) is 0 Å². The second kappa shape index (κ2) is 6.31. The van der Waals surface area contributed by atoms with Gasteiger partial charge in [0.15, 0.2) is 0 Å². The van der Waals surface area contributed by atoms with E-state index in [2.05, 4.69) is 10.3 Å². The Kier molecular flexibility index (Phi) is 4.65. The summed E-state index contributed by atoms with van der Waals surface area (Å²) in [5, 5.41) is 5.09. The van der Waals surface area contributed by atoms with E-state index < -0.39 is 11.7 Å². The quantitative estimate of drug-likeness (QED) is 0.847. The molecule has 0 bridgehead atoms. The molecule has 0 saturated carbocycles. The van der Waals surface area contributed by atoms with Crippen LogP contribution in [0.15, 0.2) is 23.6 Å². The number of alkyl carbamates (subject to hydrolysis) is 1. The molecule has 5 nitrogen and oxygen atoms in total. The van der Waals surface area contributed by atoms with E-state index in [1.807, 2.05) is 0 Å². The minimum Gasteiger partial charge on any atom is -0.444 e. The summed E-state index contributed by atoms with van der Waals surface area (Å²) in [4.78, 5) is 15.9. The normalized spacial score (nSPS) is 11.3. The van der Waals surface area contributed by atoms with E-state index in [1.165, 1.54) is 29.5 Å². The van der Waals surface area contributed by atoms with Gasteiger partial charge in [-0.05, 0) is 39.0 Å². The van der Waals surface area contributed by atoms with E-state index in [0.717, 1.165) is 0 Å². The average molecular weight is 323 g/mol. The number of nitrogens with zero attached hydrogens (tertiary/aromatic N) is 1. The van der Waals surface area contributed by atoms with Gasteiger partial charge in [0.25, 0.3) is 0 Å². The van der Waals surface area contributed by atoms with Gasteiger partial charge in [0.1, 0.15) is 16.4 Å². The fourth-order valence-corrected chi connectivity index (χ4v) is 2.46. The number of hydrogen-bond acceptors (Lipinski definition) is 5. The molecule has 1 heterocycles. The fourth-order valence-electron chi connectivity index (χ4n) is 1.73. The van der Waals surface area contributed by atoms with Crippen molar-refractivity contribution < 1.29 is 13.9 Å². The molecule has 0 fully saturated rings. The second-order valence-electron chi connectivity index (χ2n) is 5.71. The minimum atomic E-state index is -0.547. The Morgan fingerprint density at radius 3 is 2.86 bits per heavy atom. The molecule has 22 heavy (non-hydrogen) atoms. The molecular weight excluding hydrogens is 305 g/mol. The second-order valence-corrected chi connectivity index (χ2v) is 6.66. The lowest BCUT2D eigenvalue weighted by molar-refractivity contribution is 0.0523. The van der Waals surface area contributed by atoms with Crippen molar-refractivity contribution in [3.05, 3.63) is 34.4 Å². The molecule has 0 atom stereocenters. The third kappa shape index (κ3) is 4.42. The van der Waals surface area contributed by atoms with E-state index in [0.29, 0.717) is 22.0 Å². The van der Waals surface area contributed by atoms with E-state index in [4.69, 9.17) is 10.5 Å². The van der Waals surface area contributed by atoms with E-state index in [1.54, 1.807) is 26.2 Å². The molecule has 0 aliphatic rings. The molecule has 118 valence electrons. The average Bonchev–Trinajstić information content (AvgIpc) is 2.86. The number of amides is 1. The van der Waals surface area contributed by atoms with Crippen LogP contribution in [-0.2, 0) is 11.3 Å². The lowest BCUT2D eigenvalue weighted by Gasteiger charge is -2.19. The van der Waals surface area contributed by atoms with Crippen LogP contribution in [0.25, 0.3) is 11.3 Å². The molecule has 0 unspecified atom stereocenters. The number of rotatable bonds is 3. The number of nitrogens with one attached hydrogen (secondary N) is 1. The molecule has 0 aliphatic heterocycles. The van der Waals surface area contributed by atoms with Crippen molar-refractivity contribution in [1.29, 1.82) is 0 Å². The van der Waals surface area contributed by atoms with Crippen LogP contribution in [0.5, 0.6) is 0 Å². The molecule has 0 aliphatic carbocycles. The molecule has 7 heteroatoms. The molecular formula is C15H18FN3O2S. The van der Waals surface area contributed by atoms with Crippen molar-refractivity contribution in [2.24, 2.45) is 0 Å². The Hall–Kier alpha value is -2.15. The van der Waals surface area contributed by atoms with Crippen LogP contribution in [0.3, 0.4) is 0 Å². The number of aromatic nitrogens is 1. The first-order chi connectivity index (χ1) is 10.2. The van der Waals surface area contributed by atoms with Gasteiger partial charge in [-0.1, -0.05) is 0 Å². The fraction of sp³-hybridized carbons (Fsp3) is 0.333. The summed E-state index contributed by atoms with van der Waals surface area (Å²) >= 11 is 1.36. The summed E-state index contributed by atoms with van der Waals surface area (Å²) in [6.45, 7) is 5.62. The summed E-state index contributed by atoms with van der Waals surface area (Å²) in [5.41, 5.74) is 6.87. The highest BCUT2D eigenvalue weighted by Crippen LogP contribution is 2.27. The van der Waals surface area contributed by atoms with Gasteiger partial charge in [-0.25, -0.2) is 14.2 Å². The number of nitrogens with two attached hydrogens (primary N) is 1. The molecule has 1 amide bonds. The van der Waals surface area contributed by atoms with Crippen LogP contribution in [0, 0.1) is 5.82 Å². The maximum atomic E-state index is 13.3. The Labute approximate surface area is 132 Å². The number of anilines is 1. The first-order valence-corrected chi connectivity index (χ1v) is 7.59. The highest BCUT2D eigenvalue weighted by molar-refractivity contribution is 7.09. The van der Waals surface area contributed by atoms with Crippen molar-refractivity contribution >= 4 is 23.1 Å². The summed E-state index contributed by atoms with van der Waals surface area (Å²) in [6.07, 6.45) is -0.505. The number of halogens is 1. The molecule has 1 aromatic carbocycles. The van der Waals surface area contributed by atoms with Crippen molar-refractivity contribution in [2.75, 3.05) is 5.73 Å². The predicted molar refractivity (Wildman–Crippen MR) is 85.0 cm³/mol. The maximum Gasteiger partial charge on any atom is 0.408 e. The van der Waals surface area contributed by atoms with Gasteiger partial charge >= 0.3 is 6.09 Å². The summed E-state index contributed by atoms with van der Waals surface area (Å²) in [5.74, 6) is -0.370. The van der Waals surface area contributed by atoms with Crippen LogP contribution in [0.4, 0.5) is 14.9 Å². The van der Waals surface area contributed by atoms with Gasteiger partial charge in [-0.3, -0.25) is 0 Å². The number of nitrogen functional groups attached to an aromatic ring is 1. The van der Waals surface area contributed by atoms with Crippen molar-refractivity contribution in [3.8, 4) is 11.3 Å². The Morgan fingerprint density at radius 2 is 2.18 bits per heavy atom. The topological polar surface area (TPSA) is 77.2 Å². The highest BCUT2D eigenvalue weighted by atomic mass is 32.1. The van der Waals surface area contributed by atoms with Crippen molar-refractivity contribution in [2.45, 2.75) is 32.9 Å². The minimum absolute atomic E-state index is 0.245. The van der Waals surface area contributed by atoms with E-state index in [-0.39, 0.29) is 12.4 Å². The predicted octanol–water partition coefficient (Wildman–Crippen LogP) is 3.56. The lowest BCUT2D eigenvalue weighted by Crippen LogP contribution is -2.32. The van der Waals surface area contributed by atoms with Crippen LogP contribution in [0.2, 0.25) is 0 Å². The van der Waals surface area contributed by atoms with Crippen LogP contribution in [0.1, 0.15) is 25.8 Å². The smallest absolute Gasteiger partial charge is 0.408 e. The van der Waals surface area contributed by atoms with Gasteiger partial charge in [0.2, 0.25) is 0 Å². The summed E-state index contributed by atoms with van der Waals surface area (Å²) in [7, 11) is 0. The van der Waals surface area contributed by atoms with Gasteiger partial charge in [-0.2, -0.15) is 0 Å². The third-order valence-electron chi connectivity index (χ3n) is 2.63. The molecule has 2 aromatic rings. The van der Waals surface area contributed by atoms with Crippen LogP contribution >= 0.6 is 11.3 Å². The third-order valence-corrected chi connectivity index (χ3v) is 3.47. The molecule has 0 radical (unpaired) electrons. The van der Waals surface area contributed by atoms with Crippen molar-refractivity contribution in [1.82, 2.24) is 10.3 Å². The number of carbonyl (C=O) groups excluding carboxylic acids is 1. The Morgan fingerprint density at radius 1 is 1.45 bits per heavy atom. The number of thiazole rings is 1. The number of carbonyl (C=O) groups is 1. The zero-order valence-corrected chi connectivity index (χ0v) is 13.5. The SMILES string of the molecule is CC(C)(C)OC(=O)NCc1nc(-c2cc(F)ccc2N)cs1. The lowest BCUT2D eigenvalue weighted by atomic mass is 10.1. The summed E-state index contributed by atoms with van der Waals surface area (Å²) < 4.78 is 18.4. The van der Waals surface area contributed by atoms with E-state index >= 15 is 0 Å². The number of benzene rings is 1. The molecule has 1 aromatic heterocycles. The number of ether oxygens (including phenoxy) is 1. The monoisotopic (exact) mass is 323 g/mol. The number of hydrogen-bond donors (Lipinski definition) is 2. The zero-order chi connectivity index (χ0) is 16.3. The molecule has 0 spiro atoms. The van der Waals surface area contributed by atoms with E-state index in [9.17, 15) is 9.18 Å². The maximum absolute atomic E-state index is 13.3. The molecule has 0 saturated heterocycles. The van der Waals surface area contributed by atoms with Gasteiger partial charge in [-0.15, -0.1) is 11.3 Å². The standard InChI is InChI=1S/C15H18FN3O2S/c1-15(2,3)21-14(20)18-7-13-19-12(8-22-13)10-6-9(16)4-5-11(10)17/h4-6,8H,7,17H2,1-3H3,(H,18,20). The van der Waals surface area contributed by atoms with Crippen LogP contribution in [-0.4, -0.2) is 16.7 Å². The molecule has 2 rings (SSSR count).